The second-order valence-corrected chi connectivity index (χ2v) is 7.63. The number of halogens is 2. The first kappa shape index (κ1) is 27.5. The first-order valence-electron chi connectivity index (χ1n) is 8.04. The first-order chi connectivity index (χ1) is 11.2. The monoisotopic (exact) mass is 584 g/mol. The number of benzene rings is 1. The molecule has 1 aromatic carbocycles. The largest absolute Gasteiger partial charge is 1.00 e. The molecule has 0 spiro atoms. The Morgan fingerprint density at radius 2 is 1.00 bits per heavy atom. The van der Waals surface area contributed by atoms with E-state index in [1.54, 1.807) is 0 Å². The van der Waals surface area contributed by atoms with Crippen molar-refractivity contribution in [2.75, 3.05) is 68.6 Å². The fourth-order valence-corrected chi connectivity index (χ4v) is 1.60. The van der Waals surface area contributed by atoms with Crippen LogP contribution in [0.15, 0.2) is 24.3 Å². The molecule has 146 valence electrons. The molecule has 0 aliphatic heterocycles. The van der Waals surface area contributed by atoms with Crippen molar-refractivity contribution in [3.63, 3.8) is 0 Å². The molecule has 0 aliphatic rings. The van der Waals surface area contributed by atoms with Gasteiger partial charge in [-0.2, -0.15) is 0 Å². The van der Waals surface area contributed by atoms with Gasteiger partial charge >= 0.3 is 0 Å². The number of hydrogen-bond acceptors (Lipinski definition) is 2. The lowest BCUT2D eigenvalue weighted by Gasteiger charge is -2.20. The molecule has 1 rings (SSSR count). The van der Waals surface area contributed by atoms with Crippen molar-refractivity contribution in [1.82, 2.24) is 0 Å². The molecule has 0 radical (unpaired) electrons. The summed E-state index contributed by atoms with van der Waals surface area (Å²) in [6.45, 7) is 2.30. The molecule has 0 aromatic heterocycles. The van der Waals surface area contributed by atoms with E-state index in [1.807, 2.05) is 24.3 Å². The third-order valence-corrected chi connectivity index (χ3v) is 2.81. The maximum atomic E-state index is 5.71. The molecule has 0 fully saturated rings. The summed E-state index contributed by atoms with van der Waals surface area (Å²) in [6.07, 6.45) is 0. The van der Waals surface area contributed by atoms with Gasteiger partial charge in [-0.05, 0) is 24.0 Å². The van der Waals surface area contributed by atoms with E-state index in [0.717, 1.165) is 22.1 Å². The summed E-state index contributed by atoms with van der Waals surface area (Å²) in [4.78, 5) is 0. The minimum atomic E-state index is 0. The van der Waals surface area contributed by atoms with E-state index < -0.39 is 0 Å². The highest BCUT2D eigenvalue weighted by Crippen LogP contribution is 2.25. The molecule has 0 N–H and O–H groups in total. The lowest BCUT2D eigenvalue weighted by molar-refractivity contribution is -0.862. The highest BCUT2D eigenvalue weighted by Gasteiger charge is 2.04. The molecular formula is C20H30I2N2O2. The Bertz CT molecular complexity index is 585. The Hall–Kier alpha value is -0.680. The van der Waals surface area contributed by atoms with Crippen LogP contribution in [0, 0.1) is 23.7 Å². The highest BCUT2D eigenvalue weighted by atomic mass is 127. The second-order valence-electron chi connectivity index (χ2n) is 7.63. The zero-order chi connectivity index (χ0) is 18.1. The van der Waals surface area contributed by atoms with Gasteiger partial charge in [-0.1, -0.05) is 24.0 Å². The summed E-state index contributed by atoms with van der Waals surface area (Å²) in [6, 6.07) is 7.61. The van der Waals surface area contributed by atoms with Crippen LogP contribution in [0.1, 0.15) is 0 Å². The van der Waals surface area contributed by atoms with Crippen molar-refractivity contribution in [2.45, 2.75) is 0 Å². The minimum absolute atomic E-state index is 0. The smallest absolute Gasteiger partial charge is 0.162 e. The normalized spacial score (nSPS) is 10.1. The number of hydrogen-bond donors (Lipinski definition) is 0. The molecule has 6 heteroatoms. The van der Waals surface area contributed by atoms with Crippen molar-refractivity contribution in [3.05, 3.63) is 24.3 Å². The van der Waals surface area contributed by atoms with E-state index in [-0.39, 0.29) is 48.0 Å². The summed E-state index contributed by atoms with van der Waals surface area (Å²) in [5.41, 5.74) is 0. The molecule has 0 aliphatic carbocycles. The van der Waals surface area contributed by atoms with Crippen molar-refractivity contribution >= 4 is 0 Å². The third kappa shape index (κ3) is 14.5. The van der Waals surface area contributed by atoms with Crippen molar-refractivity contribution in [1.29, 1.82) is 0 Å². The van der Waals surface area contributed by atoms with E-state index in [4.69, 9.17) is 9.47 Å². The molecule has 0 amide bonds. The van der Waals surface area contributed by atoms with Gasteiger partial charge in [-0.25, -0.2) is 0 Å². The third-order valence-electron chi connectivity index (χ3n) is 2.81. The van der Waals surface area contributed by atoms with Gasteiger partial charge in [0.2, 0.25) is 0 Å². The minimum Gasteiger partial charge on any atom is -1.00 e. The van der Waals surface area contributed by atoms with Crippen LogP contribution < -0.4 is 57.4 Å². The average Bonchev–Trinajstić information content (AvgIpc) is 2.45. The van der Waals surface area contributed by atoms with Gasteiger partial charge < -0.3 is 66.4 Å². The number of quaternary nitrogens is 2. The lowest BCUT2D eigenvalue weighted by atomic mass is 10.3. The highest BCUT2D eigenvalue weighted by molar-refractivity contribution is 5.40. The molecular weight excluding hydrogens is 554 g/mol. The summed E-state index contributed by atoms with van der Waals surface area (Å²) in [5, 5.41) is 0. The molecule has 1 aromatic rings. The van der Waals surface area contributed by atoms with Gasteiger partial charge in [0, 0.05) is 0 Å². The first-order valence-corrected chi connectivity index (χ1v) is 8.04. The molecule has 0 bridgehead atoms. The quantitative estimate of drug-likeness (QED) is 0.193. The predicted octanol–water partition coefficient (Wildman–Crippen LogP) is -4.13. The van der Waals surface area contributed by atoms with Gasteiger partial charge in [-0.15, -0.1) is 0 Å². The molecule has 4 nitrogen and oxygen atoms in total. The maximum absolute atomic E-state index is 5.71. The molecule has 0 unspecified atom stereocenters. The van der Waals surface area contributed by atoms with Crippen LogP contribution in [0.25, 0.3) is 0 Å². The molecule has 0 saturated heterocycles. The fraction of sp³-hybridized carbons (Fsp3) is 0.500. The summed E-state index contributed by atoms with van der Waals surface area (Å²) >= 11 is 0. The van der Waals surface area contributed by atoms with Crippen LogP contribution in [0.3, 0.4) is 0 Å². The Morgan fingerprint density at radius 1 is 0.654 bits per heavy atom. The van der Waals surface area contributed by atoms with Crippen molar-refractivity contribution < 1.29 is 66.4 Å². The predicted molar refractivity (Wildman–Crippen MR) is 98.8 cm³/mol. The second kappa shape index (κ2) is 13.5. The number of para-hydroxylation sites is 2. The van der Waals surface area contributed by atoms with E-state index in [2.05, 4.69) is 66.0 Å². The van der Waals surface area contributed by atoms with Gasteiger partial charge in [0.15, 0.2) is 11.5 Å². The topological polar surface area (TPSA) is 18.5 Å². The van der Waals surface area contributed by atoms with Gasteiger partial charge in [0.1, 0.15) is 26.3 Å². The molecule has 0 saturated carbocycles. The van der Waals surface area contributed by atoms with E-state index >= 15 is 0 Å². The SMILES string of the molecule is C[N+](C)(C)CC#CCOc1ccccc1OCC#CC[N+](C)(C)C.[I-].[I-]. The summed E-state index contributed by atoms with van der Waals surface area (Å²) in [7, 11) is 12.7. The van der Waals surface area contributed by atoms with Crippen molar-refractivity contribution in [3.8, 4) is 35.2 Å². The van der Waals surface area contributed by atoms with E-state index in [9.17, 15) is 0 Å². The Morgan fingerprint density at radius 3 is 1.31 bits per heavy atom. The molecule has 0 heterocycles. The Balaban J connectivity index is 0. The summed E-state index contributed by atoms with van der Waals surface area (Å²) in [5.74, 6) is 13.7. The van der Waals surface area contributed by atoms with Crippen LogP contribution in [0.4, 0.5) is 0 Å². The Labute approximate surface area is 193 Å². The fourth-order valence-electron chi connectivity index (χ4n) is 1.60. The van der Waals surface area contributed by atoms with Crippen LogP contribution >= 0.6 is 0 Å². The van der Waals surface area contributed by atoms with E-state index in [0.29, 0.717) is 24.7 Å². The van der Waals surface area contributed by atoms with Crippen LogP contribution in [-0.4, -0.2) is 77.6 Å². The number of ether oxygens (including phenoxy) is 2. The molecule has 0 atom stereocenters. The van der Waals surface area contributed by atoms with Crippen LogP contribution in [0.5, 0.6) is 11.5 Å². The number of rotatable bonds is 6. The zero-order valence-electron chi connectivity index (χ0n) is 16.6. The van der Waals surface area contributed by atoms with Crippen LogP contribution in [0.2, 0.25) is 0 Å². The van der Waals surface area contributed by atoms with Crippen molar-refractivity contribution in [2.24, 2.45) is 0 Å². The summed E-state index contributed by atoms with van der Waals surface area (Å²) < 4.78 is 13.0. The van der Waals surface area contributed by atoms with Gasteiger partial charge in [0.25, 0.3) is 0 Å². The van der Waals surface area contributed by atoms with Gasteiger partial charge in [0.05, 0.1) is 42.3 Å². The molecule has 26 heavy (non-hydrogen) atoms. The number of nitrogens with zero attached hydrogens (tertiary/aromatic N) is 2. The van der Waals surface area contributed by atoms with E-state index in [1.165, 1.54) is 0 Å². The average molecular weight is 584 g/mol. The Kier molecular flexibility index (Phi) is 14.3. The maximum Gasteiger partial charge on any atom is 0.162 e. The standard InChI is InChI=1S/C20H30N2O2.2HI/c1-21(2,3)15-9-11-17-23-19-13-7-8-14-20(19)24-18-12-10-16-22(4,5)6;;/h7-8,13-14H,15-18H2,1-6H3;2*1H/q+2;;/p-2. The zero-order valence-corrected chi connectivity index (χ0v) is 20.9. The van der Waals surface area contributed by atoms with Gasteiger partial charge in [-0.3, -0.25) is 0 Å². The lowest BCUT2D eigenvalue weighted by Crippen LogP contribution is -3.00. The van der Waals surface area contributed by atoms with Crippen LogP contribution in [-0.2, 0) is 0 Å².